The van der Waals surface area contributed by atoms with Gasteiger partial charge in [0.15, 0.2) is 5.96 Å². The van der Waals surface area contributed by atoms with E-state index in [9.17, 15) is 0 Å². The van der Waals surface area contributed by atoms with Gasteiger partial charge in [-0.3, -0.25) is 4.99 Å². The summed E-state index contributed by atoms with van der Waals surface area (Å²) >= 11 is 0. The maximum absolute atomic E-state index is 4.26. The molecule has 0 unspecified atom stereocenters. The highest BCUT2D eigenvalue weighted by molar-refractivity contribution is 5.79. The van der Waals surface area contributed by atoms with Crippen molar-refractivity contribution in [3.05, 3.63) is 71.3 Å². The van der Waals surface area contributed by atoms with Gasteiger partial charge in [0.05, 0.1) is 0 Å². The zero-order valence-electron chi connectivity index (χ0n) is 13.5. The fourth-order valence-electron chi connectivity index (χ4n) is 2.38. The molecule has 0 saturated heterocycles. The summed E-state index contributed by atoms with van der Waals surface area (Å²) in [5, 5.41) is 6.72. The van der Waals surface area contributed by atoms with Gasteiger partial charge < -0.3 is 10.6 Å². The van der Waals surface area contributed by atoms with Crippen LogP contribution in [0.5, 0.6) is 0 Å². The van der Waals surface area contributed by atoms with Crippen LogP contribution in [0.3, 0.4) is 0 Å². The van der Waals surface area contributed by atoms with Crippen LogP contribution in [-0.2, 0) is 12.8 Å². The zero-order valence-corrected chi connectivity index (χ0v) is 13.5. The summed E-state index contributed by atoms with van der Waals surface area (Å²) in [5.74, 6) is 0.864. The van der Waals surface area contributed by atoms with Crippen molar-refractivity contribution < 1.29 is 0 Å². The van der Waals surface area contributed by atoms with Crippen molar-refractivity contribution >= 4 is 5.96 Å². The highest BCUT2D eigenvalue weighted by Crippen LogP contribution is 2.03. The Balaban J connectivity index is 1.69. The number of nitrogens with one attached hydrogen (secondary N) is 2. The highest BCUT2D eigenvalue weighted by Gasteiger charge is 1.98. The van der Waals surface area contributed by atoms with Gasteiger partial charge in [0.25, 0.3) is 0 Å². The van der Waals surface area contributed by atoms with E-state index in [1.54, 1.807) is 0 Å². The molecule has 0 aliphatic heterocycles. The minimum absolute atomic E-state index is 0.864. The van der Waals surface area contributed by atoms with Crippen LogP contribution in [0, 0.1) is 6.92 Å². The molecule has 0 spiro atoms. The molecule has 2 aromatic carbocycles. The van der Waals surface area contributed by atoms with Crippen LogP contribution >= 0.6 is 0 Å². The van der Waals surface area contributed by atoms with Crippen molar-refractivity contribution in [3.8, 4) is 0 Å². The van der Waals surface area contributed by atoms with E-state index in [2.05, 4.69) is 71.1 Å². The maximum Gasteiger partial charge on any atom is 0.190 e. The molecule has 0 heterocycles. The second-order valence-corrected chi connectivity index (χ2v) is 5.40. The van der Waals surface area contributed by atoms with E-state index in [4.69, 9.17) is 0 Å². The van der Waals surface area contributed by atoms with E-state index in [1.807, 2.05) is 13.1 Å². The lowest BCUT2D eigenvalue weighted by Gasteiger charge is -2.12. The molecular formula is C19H25N3. The third-order valence-electron chi connectivity index (χ3n) is 3.56. The molecule has 3 heteroatoms. The second kappa shape index (κ2) is 8.88. The molecule has 2 N–H and O–H groups in total. The Morgan fingerprint density at radius 1 is 0.864 bits per heavy atom. The minimum Gasteiger partial charge on any atom is -0.356 e. The number of rotatable bonds is 6. The topological polar surface area (TPSA) is 36.4 Å². The van der Waals surface area contributed by atoms with E-state index in [1.165, 1.54) is 16.7 Å². The summed E-state index contributed by atoms with van der Waals surface area (Å²) in [4.78, 5) is 4.26. The molecule has 0 radical (unpaired) electrons. The summed E-state index contributed by atoms with van der Waals surface area (Å²) in [5.41, 5.74) is 4.00. The largest absolute Gasteiger partial charge is 0.356 e. The van der Waals surface area contributed by atoms with Gasteiger partial charge >= 0.3 is 0 Å². The number of benzene rings is 2. The van der Waals surface area contributed by atoms with Gasteiger partial charge in [0.1, 0.15) is 0 Å². The van der Waals surface area contributed by atoms with Crippen molar-refractivity contribution in [3.63, 3.8) is 0 Å². The van der Waals surface area contributed by atoms with Gasteiger partial charge in [-0.05, 0) is 30.9 Å². The number of aryl methyl sites for hydroxylation is 1. The van der Waals surface area contributed by atoms with Crippen molar-refractivity contribution in [2.75, 3.05) is 20.1 Å². The maximum atomic E-state index is 4.26. The van der Waals surface area contributed by atoms with Crippen LogP contribution in [-0.4, -0.2) is 26.1 Å². The monoisotopic (exact) mass is 295 g/mol. The summed E-state index contributed by atoms with van der Waals surface area (Å²) in [6.45, 7) is 3.89. The van der Waals surface area contributed by atoms with Crippen molar-refractivity contribution in [2.24, 2.45) is 4.99 Å². The summed E-state index contributed by atoms with van der Waals surface area (Å²) in [6.07, 6.45) is 2.00. The average Bonchev–Trinajstić information content (AvgIpc) is 2.54. The van der Waals surface area contributed by atoms with Crippen LogP contribution < -0.4 is 10.6 Å². The third kappa shape index (κ3) is 5.60. The van der Waals surface area contributed by atoms with E-state index in [0.717, 1.165) is 31.9 Å². The van der Waals surface area contributed by atoms with Crippen LogP contribution in [0.4, 0.5) is 0 Å². The van der Waals surface area contributed by atoms with Gasteiger partial charge in [-0.1, -0.05) is 60.2 Å². The first-order valence-electron chi connectivity index (χ1n) is 7.82. The van der Waals surface area contributed by atoms with Crippen molar-refractivity contribution in [1.82, 2.24) is 10.6 Å². The van der Waals surface area contributed by atoms with Crippen LogP contribution in [0.2, 0.25) is 0 Å². The molecule has 22 heavy (non-hydrogen) atoms. The van der Waals surface area contributed by atoms with Gasteiger partial charge in [-0.25, -0.2) is 0 Å². The summed E-state index contributed by atoms with van der Waals surface area (Å²) in [6, 6.07) is 19.1. The standard InChI is InChI=1S/C19H25N3/c1-16-7-6-10-18(15-16)12-14-22-19(20-2)21-13-11-17-8-4-3-5-9-17/h3-10,15H,11-14H2,1-2H3,(H2,20,21,22). The first kappa shape index (κ1) is 16.1. The van der Waals surface area contributed by atoms with Gasteiger partial charge in [0, 0.05) is 20.1 Å². The highest BCUT2D eigenvalue weighted by atomic mass is 15.2. The predicted octanol–water partition coefficient (Wildman–Crippen LogP) is 2.95. The lowest BCUT2D eigenvalue weighted by atomic mass is 10.1. The first-order valence-corrected chi connectivity index (χ1v) is 7.82. The minimum atomic E-state index is 0.864. The molecular weight excluding hydrogens is 270 g/mol. The lowest BCUT2D eigenvalue weighted by Crippen LogP contribution is -2.39. The van der Waals surface area contributed by atoms with E-state index in [-0.39, 0.29) is 0 Å². The Hall–Kier alpha value is -2.29. The number of guanidine groups is 1. The zero-order chi connectivity index (χ0) is 15.6. The molecule has 0 amide bonds. The predicted molar refractivity (Wildman–Crippen MR) is 94.4 cm³/mol. The molecule has 0 aliphatic rings. The quantitative estimate of drug-likeness (QED) is 0.635. The third-order valence-corrected chi connectivity index (χ3v) is 3.56. The molecule has 0 atom stereocenters. The van der Waals surface area contributed by atoms with E-state index in [0.29, 0.717) is 0 Å². The molecule has 2 aromatic rings. The summed E-state index contributed by atoms with van der Waals surface area (Å²) in [7, 11) is 1.81. The van der Waals surface area contributed by atoms with Crippen LogP contribution in [0.25, 0.3) is 0 Å². The number of hydrogen-bond donors (Lipinski definition) is 2. The molecule has 2 rings (SSSR count). The fourth-order valence-corrected chi connectivity index (χ4v) is 2.38. The second-order valence-electron chi connectivity index (χ2n) is 5.40. The van der Waals surface area contributed by atoms with Crippen LogP contribution in [0.15, 0.2) is 59.6 Å². The normalized spacial score (nSPS) is 11.3. The van der Waals surface area contributed by atoms with Gasteiger partial charge in [0.2, 0.25) is 0 Å². The lowest BCUT2D eigenvalue weighted by molar-refractivity contribution is 0.784. The Morgan fingerprint density at radius 3 is 2.14 bits per heavy atom. The molecule has 0 bridgehead atoms. The van der Waals surface area contributed by atoms with Crippen molar-refractivity contribution in [2.45, 2.75) is 19.8 Å². The summed E-state index contributed by atoms with van der Waals surface area (Å²) < 4.78 is 0. The molecule has 116 valence electrons. The molecule has 0 fully saturated rings. The Morgan fingerprint density at radius 2 is 1.50 bits per heavy atom. The SMILES string of the molecule is CN=C(NCCc1ccccc1)NCCc1cccc(C)c1. The van der Waals surface area contributed by atoms with Crippen molar-refractivity contribution in [1.29, 1.82) is 0 Å². The number of aliphatic imine (C=N–C) groups is 1. The fraction of sp³-hybridized carbons (Fsp3) is 0.316. The Labute approximate surface area is 133 Å². The molecule has 0 aromatic heterocycles. The van der Waals surface area contributed by atoms with Crippen LogP contribution in [0.1, 0.15) is 16.7 Å². The molecule has 0 saturated carbocycles. The number of hydrogen-bond acceptors (Lipinski definition) is 1. The molecule has 0 aliphatic carbocycles. The smallest absolute Gasteiger partial charge is 0.190 e. The van der Waals surface area contributed by atoms with Gasteiger partial charge in [-0.2, -0.15) is 0 Å². The first-order chi connectivity index (χ1) is 10.8. The van der Waals surface area contributed by atoms with E-state index >= 15 is 0 Å². The average molecular weight is 295 g/mol. The van der Waals surface area contributed by atoms with E-state index < -0.39 is 0 Å². The Bertz CT molecular complexity index is 591. The van der Waals surface area contributed by atoms with Gasteiger partial charge in [-0.15, -0.1) is 0 Å². The Kier molecular flexibility index (Phi) is 6.49. The molecule has 3 nitrogen and oxygen atoms in total. The number of nitrogens with zero attached hydrogens (tertiary/aromatic N) is 1.